The van der Waals surface area contributed by atoms with Crippen molar-refractivity contribution in [2.75, 3.05) is 18.4 Å². The van der Waals surface area contributed by atoms with E-state index in [9.17, 15) is 14.7 Å². The van der Waals surface area contributed by atoms with Gasteiger partial charge in [0.15, 0.2) is 5.01 Å². The summed E-state index contributed by atoms with van der Waals surface area (Å²) in [7, 11) is 0. The highest BCUT2D eigenvalue weighted by Crippen LogP contribution is 2.28. The van der Waals surface area contributed by atoms with E-state index in [2.05, 4.69) is 25.4 Å². The lowest BCUT2D eigenvalue weighted by Gasteiger charge is -2.17. The lowest BCUT2D eigenvalue weighted by atomic mass is 10.1. The highest BCUT2D eigenvalue weighted by atomic mass is 32.1. The van der Waals surface area contributed by atoms with Gasteiger partial charge in [-0.2, -0.15) is 4.98 Å². The molecule has 0 aliphatic carbocycles. The molecule has 0 radical (unpaired) electrons. The van der Waals surface area contributed by atoms with Gasteiger partial charge in [-0.15, -0.1) is 11.3 Å². The van der Waals surface area contributed by atoms with E-state index in [-0.39, 0.29) is 21.8 Å². The van der Waals surface area contributed by atoms with Gasteiger partial charge in [-0.05, 0) is 30.9 Å². The smallest absolute Gasteiger partial charge is 0.347 e. The molecule has 4 heterocycles. The van der Waals surface area contributed by atoms with Gasteiger partial charge in [-0.1, -0.05) is 17.3 Å². The molecule has 4 aromatic rings. The van der Waals surface area contributed by atoms with Crippen molar-refractivity contribution in [3.63, 3.8) is 0 Å². The first kappa shape index (κ1) is 21.0. The lowest BCUT2D eigenvalue weighted by molar-refractivity contribution is 0.0700. The molecule has 1 fully saturated rings. The Balaban J connectivity index is 1.34. The number of pyridine rings is 1. The van der Waals surface area contributed by atoms with E-state index in [1.54, 1.807) is 24.9 Å². The number of nitrogens with zero attached hydrogens (tertiary/aromatic N) is 5. The summed E-state index contributed by atoms with van der Waals surface area (Å²) in [5.74, 6) is 0.410. The van der Waals surface area contributed by atoms with Gasteiger partial charge in [0.25, 0.3) is 5.91 Å². The van der Waals surface area contributed by atoms with Crippen LogP contribution in [0.15, 0.2) is 35.0 Å². The molecule has 10 nitrogen and oxygen atoms in total. The van der Waals surface area contributed by atoms with Gasteiger partial charge < -0.3 is 19.8 Å². The van der Waals surface area contributed by atoms with Gasteiger partial charge >= 0.3 is 5.97 Å². The van der Waals surface area contributed by atoms with E-state index in [0.717, 1.165) is 34.1 Å². The summed E-state index contributed by atoms with van der Waals surface area (Å²) in [6.07, 6.45) is 2.48. The second kappa shape index (κ2) is 8.24. The van der Waals surface area contributed by atoms with Crippen molar-refractivity contribution >= 4 is 39.8 Å². The normalized spacial score (nSPS) is 15.8. The van der Waals surface area contributed by atoms with Crippen molar-refractivity contribution in [3.8, 4) is 11.4 Å². The Labute approximate surface area is 192 Å². The van der Waals surface area contributed by atoms with Crippen LogP contribution in [0.4, 0.5) is 5.82 Å². The quantitative estimate of drug-likeness (QED) is 0.456. The van der Waals surface area contributed by atoms with E-state index in [1.165, 1.54) is 0 Å². The van der Waals surface area contributed by atoms with Crippen LogP contribution in [0, 0.1) is 13.8 Å². The Morgan fingerprint density at radius 1 is 1.24 bits per heavy atom. The number of aromatic nitrogens is 4. The summed E-state index contributed by atoms with van der Waals surface area (Å²) >= 11 is 0.917. The first-order valence-electron chi connectivity index (χ1n) is 10.3. The zero-order valence-corrected chi connectivity index (χ0v) is 18.7. The number of hydrogen-bond donors (Lipinski definition) is 2. The summed E-state index contributed by atoms with van der Waals surface area (Å²) in [6.45, 7) is 4.37. The van der Waals surface area contributed by atoms with Crippen LogP contribution in [0.5, 0.6) is 0 Å². The fourth-order valence-electron chi connectivity index (χ4n) is 3.92. The number of amides is 1. The van der Waals surface area contributed by atoms with Gasteiger partial charge in [0.05, 0.1) is 5.69 Å². The Kier molecular flexibility index (Phi) is 5.25. The van der Waals surface area contributed by atoms with Crippen LogP contribution in [0.2, 0.25) is 0 Å². The Morgan fingerprint density at radius 3 is 2.82 bits per heavy atom. The maximum atomic E-state index is 12.9. The number of thiazole rings is 1. The second-order valence-electron chi connectivity index (χ2n) is 7.85. The van der Waals surface area contributed by atoms with Gasteiger partial charge in [0.2, 0.25) is 11.7 Å². The standard InChI is InChI=1S/C22H20N6O4S/c1-11-17(22(30)31)33-20(24-11)21(29)28-8-6-15(10-28)26-19-16-9-14(18-25-12(2)32-27-18)4-3-13(16)5-7-23-19/h3-5,7,9,15H,6,8,10H2,1-2H3,(H,23,26)(H,30,31)/t15-/m0/s1. The number of anilines is 1. The van der Waals surface area contributed by atoms with Gasteiger partial charge in [0, 0.05) is 43.2 Å². The van der Waals surface area contributed by atoms with Crippen LogP contribution in [-0.2, 0) is 0 Å². The molecule has 168 valence electrons. The molecule has 3 aromatic heterocycles. The minimum Gasteiger partial charge on any atom is -0.477 e. The van der Waals surface area contributed by atoms with Crippen molar-refractivity contribution in [1.82, 2.24) is 25.0 Å². The number of likely N-dealkylation sites (tertiary alicyclic amines) is 1. The SMILES string of the molecule is Cc1nc(-c2ccc3ccnc(N[C@H]4CCN(C(=O)c5nc(C)c(C(=O)O)s5)C4)c3c2)no1. The molecule has 1 saturated heterocycles. The molecule has 0 bridgehead atoms. The van der Waals surface area contributed by atoms with Crippen LogP contribution in [0.1, 0.15) is 37.5 Å². The van der Waals surface area contributed by atoms with E-state index >= 15 is 0 Å². The second-order valence-corrected chi connectivity index (χ2v) is 8.85. The van der Waals surface area contributed by atoms with Crippen LogP contribution in [0.25, 0.3) is 22.2 Å². The molecule has 5 rings (SSSR count). The fourth-order valence-corrected chi connectivity index (χ4v) is 4.79. The predicted molar refractivity (Wildman–Crippen MR) is 122 cm³/mol. The monoisotopic (exact) mass is 464 g/mol. The number of rotatable bonds is 5. The largest absolute Gasteiger partial charge is 0.477 e. The topological polar surface area (TPSA) is 134 Å². The highest BCUT2D eigenvalue weighted by molar-refractivity contribution is 7.15. The summed E-state index contributed by atoms with van der Waals surface area (Å²) in [4.78, 5) is 38.9. The lowest BCUT2D eigenvalue weighted by Crippen LogP contribution is -2.31. The molecular weight excluding hydrogens is 444 g/mol. The number of fused-ring (bicyclic) bond motifs is 1. The third-order valence-electron chi connectivity index (χ3n) is 5.54. The molecule has 0 unspecified atom stereocenters. The van der Waals surface area contributed by atoms with Crippen LogP contribution >= 0.6 is 11.3 Å². The zero-order chi connectivity index (χ0) is 23.1. The van der Waals surface area contributed by atoms with Gasteiger partial charge in [0.1, 0.15) is 10.7 Å². The summed E-state index contributed by atoms with van der Waals surface area (Å²) in [5.41, 5.74) is 1.18. The molecule has 1 aliphatic heterocycles. The number of hydrogen-bond acceptors (Lipinski definition) is 9. The number of carboxylic acids is 1. The molecule has 11 heteroatoms. The van der Waals surface area contributed by atoms with Crippen molar-refractivity contribution in [3.05, 3.63) is 51.9 Å². The van der Waals surface area contributed by atoms with Crippen molar-refractivity contribution in [2.24, 2.45) is 0 Å². The molecular formula is C22H20N6O4S. The molecule has 0 spiro atoms. The summed E-state index contributed by atoms with van der Waals surface area (Å²) in [6, 6.07) is 7.83. The number of aryl methyl sites for hydroxylation is 2. The number of nitrogens with one attached hydrogen (secondary N) is 1. The Bertz CT molecular complexity index is 1380. The number of aromatic carboxylic acids is 1. The zero-order valence-electron chi connectivity index (χ0n) is 17.9. The van der Waals surface area contributed by atoms with E-state index in [4.69, 9.17) is 4.52 Å². The highest BCUT2D eigenvalue weighted by Gasteiger charge is 2.30. The number of benzene rings is 1. The molecule has 0 saturated carbocycles. The minimum absolute atomic E-state index is 0.00290. The molecule has 33 heavy (non-hydrogen) atoms. The number of carboxylic acid groups (broad SMARTS) is 1. The Morgan fingerprint density at radius 2 is 2.09 bits per heavy atom. The maximum Gasteiger partial charge on any atom is 0.347 e. The molecule has 1 aromatic carbocycles. The average molecular weight is 465 g/mol. The van der Waals surface area contributed by atoms with Gasteiger partial charge in [-0.25, -0.2) is 14.8 Å². The van der Waals surface area contributed by atoms with E-state index < -0.39 is 5.97 Å². The van der Waals surface area contributed by atoms with Crippen molar-refractivity contribution in [1.29, 1.82) is 0 Å². The summed E-state index contributed by atoms with van der Waals surface area (Å²) in [5, 5.41) is 18.8. The van der Waals surface area contributed by atoms with Gasteiger partial charge in [-0.3, -0.25) is 4.79 Å². The molecule has 1 amide bonds. The van der Waals surface area contributed by atoms with E-state index in [0.29, 0.717) is 36.3 Å². The van der Waals surface area contributed by atoms with Crippen LogP contribution in [0.3, 0.4) is 0 Å². The van der Waals surface area contributed by atoms with E-state index in [1.807, 2.05) is 24.3 Å². The minimum atomic E-state index is -1.07. The molecule has 1 atom stereocenters. The third kappa shape index (κ3) is 4.02. The average Bonchev–Trinajstić information content (AvgIpc) is 3.53. The van der Waals surface area contributed by atoms with Crippen molar-refractivity contribution < 1.29 is 19.2 Å². The number of carbonyl (C=O) groups excluding carboxylic acids is 1. The first-order valence-corrected chi connectivity index (χ1v) is 11.2. The maximum absolute atomic E-state index is 12.9. The summed E-state index contributed by atoms with van der Waals surface area (Å²) < 4.78 is 5.09. The van der Waals surface area contributed by atoms with Crippen molar-refractivity contribution in [2.45, 2.75) is 26.3 Å². The van der Waals surface area contributed by atoms with Crippen LogP contribution < -0.4 is 5.32 Å². The fraction of sp³-hybridized carbons (Fsp3) is 0.273. The molecule has 1 aliphatic rings. The first-order chi connectivity index (χ1) is 15.9. The Hall–Kier alpha value is -3.86. The third-order valence-corrected chi connectivity index (χ3v) is 6.68. The predicted octanol–water partition coefficient (Wildman–Crippen LogP) is 3.38. The number of carbonyl (C=O) groups is 2. The molecule has 2 N–H and O–H groups in total. The van der Waals surface area contributed by atoms with Crippen LogP contribution in [-0.4, -0.2) is 61.1 Å².